The largest absolute Gasteiger partial charge is 0.467 e. The third kappa shape index (κ3) is 6.92. The van der Waals surface area contributed by atoms with Gasteiger partial charge in [-0.25, -0.2) is 9.59 Å². The first-order chi connectivity index (χ1) is 10.0. The van der Waals surface area contributed by atoms with E-state index in [1.54, 1.807) is 12.1 Å². The van der Waals surface area contributed by atoms with Crippen molar-refractivity contribution in [2.45, 2.75) is 19.1 Å². The summed E-state index contributed by atoms with van der Waals surface area (Å²) in [6.07, 6.45) is -0.850. The summed E-state index contributed by atoms with van der Waals surface area (Å²) in [5.41, 5.74) is 0.808. The van der Waals surface area contributed by atoms with Crippen LogP contribution < -0.4 is 5.32 Å². The molecule has 0 heterocycles. The first-order valence-electron chi connectivity index (χ1n) is 6.29. The van der Waals surface area contributed by atoms with E-state index in [4.69, 9.17) is 9.63 Å². The van der Waals surface area contributed by atoms with Gasteiger partial charge in [-0.15, -0.1) is 0 Å². The molecule has 2 N–H and O–H groups in total. The predicted octanol–water partition coefficient (Wildman–Crippen LogP) is 1.31. The van der Waals surface area contributed by atoms with Gasteiger partial charge in [0.05, 0.1) is 7.11 Å². The molecule has 1 aromatic carbocycles. The van der Waals surface area contributed by atoms with Gasteiger partial charge in [0.15, 0.2) is 8.03 Å². The molecule has 7 nitrogen and oxygen atoms in total. The number of esters is 1. The average Bonchev–Trinajstić information content (AvgIpc) is 2.49. The third-order valence-electron chi connectivity index (χ3n) is 2.64. The minimum absolute atomic E-state index is 0.0153. The van der Waals surface area contributed by atoms with E-state index in [2.05, 4.69) is 10.1 Å². The molecule has 0 spiro atoms. The fourth-order valence-corrected chi connectivity index (χ4v) is 2.10. The first-order valence-corrected chi connectivity index (χ1v) is 7.86. The van der Waals surface area contributed by atoms with E-state index in [1.807, 2.05) is 18.2 Å². The topological polar surface area (TPSA) is 102 Å². The highest BCUT2D eigenvalue weighted by Crippen LogP contribution is 2.15. The smallest absolute Gasteiger partial charge is 0.408 e. The molecule has 1 rings (SSSR count). The van der Waals surface area contributed by atoms with Gasteiger partial charge in [0, 0.05) is 6.16 Å². The lowest BCUT2D eigenvalue weighted by Crippen LogP contribution is -2.42. The van der Waals surface area contributed by atoms with Gasteiger partial charge < -0.3 is 19.7 Å². The Morgan fingerprint density at radius 2 is 2.00 bits per heavy atom. The Morgan fingerprint density at radius 1 is 1.33 bits per heavy atom. The van der Waals surface area contributed by atoms with E-state index >= 15 is 0 Å². The van der Waals surface area contributed by atoms with Crippen molar-refractivity contribution in [2.24, 2.45) is 0 Å². The second kappa shape index (κ2) is 9.15. The van der Waals surface area contributed by atoms with E-state index in [-0.39, 0.29) is 19.2 Å². The average molecular weight is 315 g/mol. The third-order valence-corrected chi connectivity index (χ3v) is 3.35. The van der Waals surface area contributed by atoms with E-state index < -0.39 is 26.1 Å². The van der Waals surface area contributed by atoms with Crippen molar-refractivity contribution >= 4 is 20.1 Å². The van der Waals surface area contributed by atoms with Crippen LogP contribution in [-0.2, 0) is 25.4 Å². The molecular weight excluding hydrogens is 297 g/mol. The van der Waals surface area contributed by atoms with E-state index in [0.29, 0.717) is 0 Å². The molecule has 1 amide bonds. The summed E-state index contributed by atoms with van der Waals surface area (Å²) in [5, 5.41) is 2.32. The van der Waals surface area contributed by atoms with Crippen molar-refractivity contribution in [1.82, 2.24) is 5.32 Å². The number of carbonyl (C=O) groups excluding carboxylic acids is 2. The molecule has 0 fully saturated rings. The molecule has 116 valence electrons. The molecule has 0 bridgehead atoms. The minimum Gasteiger partial charge on any atom is -0.467 e. The van der Waals surface area contributed by atoms with Crippen LogP contribution in [0.15, 0.2) is 30.3 Å². The van der Waals surface area contributed by atoms with Gasteiger partial charge in [0.1, 0.15) is 12.6 Å². The first kappa shape index (κ1) is 17.2. The zero-order valence-electron chi connectivity index (χ0n) is 11.6. The van der Waals surface area contributed by atoms with Crippen LogP contribution in [0.25, 0.3) is 0 Å². The molecule has 0 saturated carbocycles. The molecule has 8 heteroatoms. The van der Waals surface area contributed by atoms with Crippen molar-refractivity contribution < 1.29 is 28.5 Å². The SMILES string of the molecule is COC(=O)[C@H](CC[PH](=O)O)NC(=O)OCc1ccccc1. The van der Waals surface area contributed by atoms with Crippen molar-refractivity contribution in [2.75, 3.05) is 13.3 Å². The standard InChI is InChI=1S/C13H18NO6P/c1-19-12(15)11(7-8-21(17)18)14-13(16)20-9-10-5-3-2-4-6-10/h2-6,11,21H,7-9H2,1H3,(H,14,16)(H,17,18)/t11-/m0/s1. The van der Waals surface area contributed by atoms with Crippen LogP contribution in [0.5, 0.6) is 0 Å². The molecule has 1 unspecified atom stereocenters. The molecule has 21 heavy (non-hydrogen) atoms. The summed E-state index contributed by atoms with van der Waals surface area (Å²) >= 11 is 0. The van der Waals surface area contributed by atoms with Crippen LogP contribution in [0.1, 0.15) is 12.0 Å². The highest BCUT2D eigenvalue weighted by molar-refractivity contribution is 7.37. The van der Waals surface area contributed by atoms with Crippen LogP contribution in [0.3, 0.4) is 0 Å². The van der Waals surface area contributed by atoms with Crippen LogP contribution in [0, 0.1) is 0 Å². The van der Waals surface area contributed by atoms with Crippen molar-refractivity contribution in [3.05, 3.63) is 35.9 Å². The van der Waals surface area contributed by atoms with E-state index in [1.165, 1.54) is 7.11 Å². The number of hydrogen-bond acceptors (Lipinski definition) is 5. The van der Waals surface area contributed by atoms with Gasteiger partial charge in [0.25, 0.3) is 0 Å². The van der Waals surface area contributed by atoms with Crippen LogP contribution in [-0.4, -0.2) is 36.3 Å². The lowest BCUT2D eigenvalue weighted by molar-refractivity contribution is -0.143. The maximum atomic E-state index is 11.6. The number of benzene rings is 1. The van der Waals surface area contributed by atoms with E-state index in [9.17, 15) is 14.2 Å². The Morgan fingerprint density at radius 3 is 2.57 bits per heavy atom. The number of amides is 1. The summed E-state index contributed by atoms with van der Waals surface area (Å²) in [4.78, 5) is 31.9. The van der Waals surface area contributed by atoms with E-state index in [0.717, 1.165) is 5.56 Å². The van der Waals surface area contributed by atoms with Crippen molar-refractivity contribution in [3.8, 4) is 0 Å². The number of nitrogens with one attached hydrogen (secondary N) is 1. The van der Waals surface area contributed by atoms with Crippen LogP contribution in [0.4, 0.5) is 4.79 Å². The fourth-order valence-electron chi connectivity index (χ4n) is 1.57. The maximum absolute atomic E-state index is 11.6. The summed E-state index contributed by atoms with van der Waals surface area (Å²) in [7, 11) is -1.54. The molecule has 0 aromatic heterocycles. The van der Waals surface area contributed by atoms with Gasteiger partial charge in [-0.3, -0.25) is 4.57 Å². The second-order valence-electron chi connectivity index (χ2n) is 4.21. The van der Waals surface area contributed by atoms with Crippen molar-refractivity contribution in [1.29, 1.82) is 0 Å². The van der Waals surface area contributed by atoms with Gasteiger partial charge >= 0.3 is 12.1 Å². The van der Waals surface area contributed by atoms with Gasteiger partial charge in [-0.1, -0.05) is 30.3 Å². The lowest BCUT2D eigenvalue weighted by atomic mass is 10.2. The Bertz CT molecular complexity index is 493. The predicted molar refractivity (Wildman–Crippen MR) is 76.3 cm³/mol. The van der Waals surface area contributed by atoms with Crippen molar-refractivity contribution in [3.63, 3.8) is 0 Å². The highest BCUT2D eigenvalue weighted by Gasteiger charge is 2.22. The molecule has 0 radical (unpaired) electrons. The molecule has 0 aliphatic carbocycles. The Labute approximate surface area is 123 Å². The number of hydrogen-bond donors (Lipinski definition) is 2. The second-order valence-corrected chi connectivity index (χ2v) is 5.50. The monoisotopic (exact) mass is 315 g/mol. The normalized spacial score (nSPS) is 13.0. The molecule has 0 saturated heterocycles. The lowest BCUT2D eigenvalue weighted by Gasteiger charge is -2.15. The zero-order chi connectivity index (χ0) is 15.7. The molecule has 1 aromatic rings. The van der Waals surface area contributed by atoms with Crippen LogP contribution in [0.2, 0.25) is 0 Å². The van der Waals surface area contributed by atoms with Gasteiger partial charge in [-0.2, -0.15) is 0 Å². The number of alkyl carbamates (subject to hydrolysis) is 1. The Balaban J connectivity index is 2.47. The highest BCUT2D eigenvalue weighted by atomic mass is 31.1. The molecule has 2 atom stereocenters. The minimum atomic E-state index is -2.71. The quantitative estimate of drug-likeness (QED) is 0.581. The summed E-state index contributed by atoms with van der Waals surface area (Å²) in [5.74, 6) is -0.685. The number of rotatable bonds is 7. The fraction of sp³-hybridized carbons (Fsp3) is 0.385. The summed E-state index contributed by atoms with van der Waals surface area (Å²) in [6, 6.07) is 8.05. The van der Waals surface area contributed by atoms with Crippen LogP contribution >= 0.6 is 8.03 Å². The maximum Gasteiger partial charge on any atom is 0.408 e. The molecule has 0 aliphatic heterocycles. The Kier molecular flexibility index (Phi) is 7.50. The number of methoxy groups -OCH3 is 1. The molecule has 0 aliphatic rings. The van der Waals surface area contributed by atoms with Gasteiger partial charge in [0.2, 0.25) is 0 Å². The zero-order valence-corrected chi connectivity index (χ0v) is 12.6. The summed E-state index contributed by atoms with van der Waals surface area (Å²) < 4.78 is 20.2. The number of carbonyl (C=O) groups is 2. The summed E-state index contributed by atoms with van der Waals surface area (Å²) in [6.45, 7) is 0.0666. The Hall–Kier alpha value is -1.85. The van der Waals surface area contributed by atoms with Gasteiger partial charge in [-0.05, 0) is 12.0 Å². The molecular formula is C13H18NO6P. The number of ether oxygens (including phenoxy) is 2.